The number of ether oxygens (including phenoxy) is 1. The highest BCUT2D eigenvalue weighted by molar-refractivity contribution is 6.31. The Bertz CT molecular complexity index is 890. The first-order chi connectivity index (χ1) is 11.7. The average molecular weight is 339 g/mol. The zero-order valence-electron chi connectivity index (χ0n) is 13.6. The van der Waals surface area contributed by atoms with E-state index < -0.39 is 0 Å². The number of aromatic nitrogens is 1. The van der Waals surface area contributed by atoms with E-state index >= 15 is 0 Å². The molecule has 0 amide bonds. The highest BCUT2D eigenvalue weighted by Gasteiger charge is 2.20. The zero-order chi connectivity index (χ0) is 16.5. The minimum Gasteiger partial charge on any atom is -0.494 e. The van der Waals surface area contributed by atoms with Crippen LogP contribution in [0.1, 0.15) is 24.6 Å². The SMILES string of the molecule is CCOc1ccc(Nc2c3c(nc4ccc(Cl)cc24)CCC3)cc1. The highest BCUT2D eigenvalue weighted by atomic mass is 35.5. The third kappa shape index (κ3) is 2.80. The summed E-state index contributed by atoms with van der Waals surface area (Å²) in [5.74, 6) is 0.885. The fraction of sp³-hybridized carbons (Fsp3) is 0.250. The molecule has 1 heterocycles. The molecule has 0 bridgehead atoms. The van der Waals surface area contributed by atoms with Crippen molar-refractivity contribution in [1.29, 1.82) is 0 Å². The van der Waals surface area contributed by atoms with Gasteiger partial charge in [0.15, 0.2) is 0 Å². The third-order valence-electron chi connectivity index (χ3n) is 4.41. The van der Waals surface area contributed by atoms with Crippen molar-refractivity contribution < 1.29 is 4.74 Å². The van der Waals surface area contributed by atoms with Crippen LogP contribution in [0, 0.1) is 0 Å². The van der Waals surface area contributed by atoms with Gasteiger partial charge in [-0.25, -0.2) is 0 Å². The minimum atomic E-state index is 0.674. The lowest BCUT2D eigenvalue weighted by Crippen LogP contribution is -2.00. The van der Waals surface area contributed by atoms with Crippen LogP contribution in [0.5, 0.6) is 5.75 Å². The predicted molar refractivity (Wildman–Crippen MR) is 99.7 cm³/mol. The highest BCUT2D eigenvalue weighted by Crippen LogP contribution is 2.37. The number of halogens is 1. The number of nitrogens with one attached hydrogen (secondary N) is 1. The standard InChI is InChI=1S/C20H19ClN2O/c1-2-24-15-9-7-14(8-10-15)22-20-16-4-3-5-18(16)23-19-11-6-13(21)12-17(19)20/h6-12H,2-5H2,1H3,(H,22,23). The molecule has 3 nitrogen and oxygen atoms in total. The molecule has 0 fully saturated rings. The number of nitrogens with zero attached hydrogens (tertiary/aromatic N) is 1. The van der Waals surface area contributed by atoms with Crippen molar-refractivity contribution in [2.24, 2.45) is 0 Å². The molecule has 4 heteroatoms. The van der Waals surface area contributed by atoms with Gasteiger partial charge in [0.25, 0.3) is 0 Å². The van der Waals surface area contributed by atoms with Crippen molar-refractivity contribution in [3.8, 4) is 5.75 Å². The van der Waals surface area contributed by atoms with Crippen LogP contribution in [-0.4, -0.2) is 11.6 Å². The first-order valence-corrected chi connectivity index (χ1v) is 8.73. The molecule has 2 aromatic carbocycles. The topological polar surface area (TPSA) is 34.1 Å². The van der Waals surface area contributed by atoms with Crippen LogP contribution in [0.25, 0.3) is 10.9 Å². The number of benzene rings is 2. The van der Waals surface area contributed by atoms with E-state index in [4.69, 9.17) is 21.3 Å². The molecule has 1 aromatic heterocycles. The van der Waals surface area contributed by atoms with E-state index in [2.05, 4.69) is 5.32 Å². The Hall–Kier alpha value is -2.26. The second-order valence-electron chi connectivity index (χ2n) is 6.01. The molecule has 0 atom stereocenters. The number of pyridine rings is 1. The molecule has 4 rings (SSSR count). The number of hydrogen-bond donors (Lipinski definition) is 1. The van der Waals surface area contributed by atoms with Crippen molar-refractivity contribution in [2.45, 2.75) is 26.2 Å². The summed E-state index contributed by atoms with van der Waals surface area (Å²) in [6.45, 7) is 2.66. The molecule has 0 spiro atoms. The zero-order valence-corrected chi connectivity index (χ0v) is 14.4. The van der Waals surface area contributed by atoms with Crippen molar-refractivity contribution in [3.05, 3.63) is 58.7 Å². The van der Waals surface area contributed by atoms with Gasteiger partial charge in [-0.15, -0.1) is 0 Å². The Labute approximate surface area is 146 Å². The predicted octanol–water partition coefficient (Wildman–Crippen LogP) is 5.52. The normalized spacial score (nSPS) is 13.1. The Kier molecular flexibility index (Phi) is 4.03. The van der Waals surface area contributed by atoms with Gasteiger partial charge in [0.05, 0.1) is 17.8 Å². The largest absolute Gasteiger partial charge is 0.494 e. The minimum absolute atomic E-state index is 0.674. The average Bonchev–Trinajstić information content (AvgIpc) is 3.05. The van der Waals surface area contributed by atoms with Crippen LogP contribution < -0.4 is 10.1 Å². The fourth-order valence-electron chi connectivity index (χ4n) is 3.32. The van der Waals surface area contributed by atoms with Crippen molar-refractivity contribution >= 4 is 33.9 Å². The molecule has 1 aliphatic carbocycles. The van der Waals surface area contributed by atoms with Crippen molar-refractivity contribution in [2.75, 3.05) is 11.9 Å². The third-order valence-corrected chi connectivity index (χ3v) is 4.64. The molecule has 1 aliphatic rings. The fourth-order valence-corrected chi connectivity index (χ4v) is 3.49. The quantitative estimate of drug-likeness (QED) is 0.680. The van der Waals surface area contributed by atoms with Gasteiger partial charge in [0.2, 0.25) is 0 Å². The molecular weight excluding hydrogens is 320 g/mol. The lowest BCUT2D eigenvalue weighted by Gasteiger charge is -2.15. The van der Waals surface area contributed by atoms with E-state index in [0.717, 1.165) is 52.3 Å². The summed E-state index contributed by atoms with van der Waals surface area (Å²) in [7, 11) is 0. The van der Waals surface area contributed by atoms with Gasteiger partial charge in [-0.05, 0) is 74.2 Å². The van der Waals surface area contributed by atoms with E-state index in [1.807, 2.05) is 49.4 Å². The first kappa shape index (κ1) is 15.3. The van der Waals surface area contributed by atoms with Crippen LogP contribution in [0.2, 0.25) is 5.02 Å². The summed E-state index contributed by atoms with van der Waals surface area (Å²) < 4.78 is 5.52. The second-order valence-corrected chi connectivity index (χ2v) is 6.45. The van der Waals surface area contributed by atoms with Gasteiger partial charge in [0.1, 0.15) is 5.75 Å². The summed E-state index contributed by atoms with van der Waals surface area (Å²) in [5.41, 5.74) is 5.70. The maximum absolute atomic E-state index is 6.23. The van der Waals surface area contributed by atoms with Crippen molar-refractivity contribution in [3.63, 3.8) is 0 Å². The molecule has 0 saturated carbocycles. The van der Waals surface area contributed by atoms with Gasteiger partial charge in [-0.1, -0.05) is 11.6 Å². The Morgan fingerprint density at radius 3 is 2.75 bits per heavy atom. The molecule has 0 radical (unpaired) electrons. The van der Waals surface area contributed by atoms with Crippen LogP contribution in [0.3, 0.4) is 0 Å². The van der Waals surface area contributed by atoms with E-state index in [1.54, 1.807) is 0 Å². The Morgan fingerprint density at radius 1 is 1.12 bits per heavy atom. The maximum atomic E-state index is 6.23. The van der Waals surface area contributed by atoms with E-state index in [1.165, 1.54) is 11.3 Å². The number of rotatable bonds is 4. The molecular formula is C20H19ClN2O. The van der Waals surface area contributed by atoms with Gasteiger partial charge in [-0.3, -0.25) is 4.98 Å². The summed E-state index contributed by atoms with van der Waals surface area (Å²) in [6, 6.07) is 14.0. The number of aryl methyl sites for hydroxylation is 1. The van der Waals surface area contributed by atoms with Crippen LogP contribution in [0.15, 0.2) is 42.5 Å². The molecule has 122 valence electrons. The number of fused-ring (bicyclic) bond motifs is 2. The van der Waals surface area contributed by atoms with Crippen LogP contribution >= 0.6 is 11.6 Å². The van der Waals surface area contributed by atoms with E-state index in [9.17, 15) is 0 Å². The number of hydrogen-bond acceptors (Lipinski definition) is 3. The summed E-state index contributed by atoms with van der Waals surface area (Å²) >= 11 is 6.23. The monoisotopic (exact) mass is 338 g/mol. The lowest BCUT2D eigenvalue weighted by molar-refractivity contribution is 0.340. The smallest absolute Gasteiger partial charge is 0.119 e. The Morgan fingerprint density at radius 2 is 1.96 bits per heavy atom. The van der Waals surface area contributed by atoms with Gasteiger partial charge in [0, 0.05) is 21.8 Å². The first-order valence-electron chi connectivity index (χ1n) is 8.35. The van der Waals surface area contributed by atoms with Crippen molar-refractivity contribution in [1.82, 2.24) is 4.98 Å². The lowest BCUT2D eigenvalue weighted by atomic mass is 10.1. The molecule has 3 aromatic rings. The van der Waals surface area contributed by atoms with E-state index in [-0.39, 0.29) is 0 Å². The molecule has 24 heavy (non-hydrogen) atoms. The Balaban J connectivity index is 1.78. The van der Waals surface area contributed by atoms with E-state index in [0.29, 0.717) is 6.61 Å². The van der Waals surface area contributed by atoms with Crippen LogP contribution in [0.4, 0.5) is 11.4 Å². The summed E-state index contributed by atoms with van der Waals surface area (Å²) in [5, 5.41) is 5.40. The number of anilines is 2. The molecule has 0 saturated heterocycles. The van der Waals surface area contributed by atoms with Gasteiger partial charge >= 0.3 is 0 Å². The van der Waals surface area contributed by atoms with Gasteiger partial charge in [-0.2, -0.15) is 0 Å². The second kappa shape index (κ2) is 6.33. The molecule has 0 unspecified atom stereocenters. The summed E-state index contributed by atoms with van der Waals surface area (Å²) in [4.78, 5) is 4.82. The molecule has 0 aliphatic heterocycles. The van der Waals surface area contributed by atoms with Crippen LogP contribution in [-0.2, 0) is 12.8 Å². The summed E-state index contributed by atoms with van der Waals surface area (Å²) in [6.07, 6.45) is 3.26. The molecule has 1 N–H and O–H groups in total. The van der Waals surface area contributed by atoms with Gasteiger partial charge < -0.3 is 10.1 Å². The maximum Gasteiger partial charge on any atom is 0.119 e.